The number of hydrogen-bond donors (Lipinski definition) is 1. The number of hydrogen-bond acceptors (Lipinski definition) is 4. The molecule has 146 valence electrons. The quantitative estimate of drug-likeness (QED) is 0.834. The van der Waals surface area contributed by atoms with Gasteiger partial charge in [0.2, 0.25) is 18.6 Å². The summed E-state index contributed by atoms with van der Waals surface area (Å²) in [6.07, 6.45) is 4.58. The zero-order chi connectivity index (χ0) is 18.8. The maximum atomic E-state index is 12.5. The van der Waals surface area contributed by atoms with Crippen LogP contribution in [0.25, 0.3) is 0 Å². The van der Waals surface area contributed by atoms with E-state index in [9.17, 15) is 9.59 Å². The first-order valence-electron chi connectivity index (χ1n) is 10.1. The highest BCUT2D eigenvalue weighted by molar-refractivity contribution is 5.81. The molecule has 1 aliphatic carbocycles. The molecule has 2 amide bonds. The highest BCUT2D eigenvalue weighted by Gasteiger charge is 2.37. The maximum Gasteiger partial charge on any atom is 0.231 e. The topological polar surface area (TPSA) is 67.9 Å². The van der Waals surface area contributed by atoms with Crippen molar-refractivity contribution < 1.29 is 19.1 Å². The fourth-order valence-electron chi connectivity index (χ4n) is 4.16. The van der Waals surface area contributed by atoms with E-state index in [4.69, 9.17) is 9.47 Å². The van der Waals surface area contributed by atoms with Gasteiger partial charge in [-0.3, -0.25) is 9.59 Å². The number of nitrogens with zero attached hydrogens (tertiary/aromatic N) is 1. The molecule has 0 aromatic heterocycles. The molecule has 4 rings (SSSR count). The number of piperidine rings is 1. The van der Waals surface area contributed by atoms with Crippen LogP contribution in [0.1, 0.15) is 44.6 Å². The van der Waals surface area contributed by atoms with Gasteiger partial charge in [-0.15, -0.1) is 0 Å². The standard InChI is InChI=1S/C21H28N2O4/c1-2-15-12-23(21(25)16-4-5-16)8-7-17(15)10-20(24)22-11-14-3-6-18-19(9-14)27-13-26-18/h3,6,9,15-17H,2,4-5,7-8,10-13H2,1H3,(H,22,24)/t15-,17-/m0/s1. The first-order chi connectivity index (χ1) is 13.1. The Balaban J connectivity index is 1.26. The molecule has 3 aliphatic rings. The SMILES string of the molecule is CC[C@H]1CN(C(=O)C2CC2)CC[C@H]1CC(=O)NCc1ccc2c(c1)OCO2. The number of rotatable bonds is 6. The molecule has 1 saturated carbocycles. The molecule has 0 unspecified atom stereocenters. The van der Waals surface area contributed by atoms with Crippen molar-refractivity contribution in [2.75, 3.05) is 19.9 Å². The number of ether oxygens (including phenoxy) is 2. The fourth-order valence-corrected chi connectivity index (χ4v) is 4.16. The summed E-state index contributed by atoms with van der Waals surface area (Å²) in [6.45, 7) is 4.52. The summed E-state index contributed by atoms with van der Waals surface area (Å²) >= 11 is 0. The molecule has 2 fully saturated rings. The number of likely N-dealkylation sites (tertiary alicyclic amines) is 1. The number of benzene rings is 1. The third kappa shape index (κ3) is 4.20. The van der Waals surface area contributed by atoms with E-state index in [1.54, 1.807) is 0 Å². The van der Waals surface area contributed by atoms with Gasteiger partial charge in [-0.05, 0) is 48.8 Å². The second kappa shape index (κ2) is 7.79. The molecule has 0 spiro atoms. The average Bonchev–Trinajstić information content (AvgIpc) is 3.43. The predicted molar refractivity (Wildman–Crippen MR) is 100 cm³/mol. The van der Waals surface area contributed by atoms with Crippen molar-refractivity contribution >= 4 is 11.8 Å². The second-order valence-electron chi connectivity index (χ2n) is 7.94. The number of fused-ring (bicyclic) bond motifs is 1. The smallest absolute Gasteiger partial charge is 0.231 e. The minimum absolute atomic E-state index is 0.0816. The summed E-state index contributed by atoms with van der Waals surface area (Å²) in [4.78, 5) is 26.8. The molecule has 6 heteroatoms. The van der Waals surface area contributed by atoms with Gasteiger partial charge < -0.3 is 19.7 Å². The minimum atomic E-state index is 0.0816. The number of amides is 2. The van der Waals surface area contributed by atoms with E-state index in [2.05, 4.69) is 12.2 Å². The van der Waals surface area contributed by atoms with Crippen molar-refractivity contribution in [2.24, 2.45) is 17.8 Å². The van der Waals surface area contributed by atoms with Gasteiger partial charge in [0.05, 0.1) is 0 Å². The van der Waals surface area contributed by atoms with E-state index in [0.29, 0.717) is 30.7 Å². The van der Waals surface area contributed by atoms with E-state index in [-0.39, 0.29) is 18.6 Å². The Morgan fingerprint density at radius 3 is 2.74 bits per heavy atom. The van der Waals surface area contributed by atoms with Crippen LogP contribution in [0, 0.1) is 17.8 Å². The normalized spacial score (nSPS) is 24.0. The molecular weight excluding hydrogens is 344 g/mol. The molecule has 0 radical (unpaired) electrons. The van der Waals surface area contributed by atoms with Crippen molar-refractivity contribution in [3.63, 3.8) is 0 Å². The highest BCUT2D eigenvalue weighted by Crippen LogP contribution is 2.35. The van der Waals surface area contributed by atoms with E-state index in [0.717, 1.165) is 55.8 Å². The van der Waals surface area contributed by atoms with E-state index >= 15 is 0 Å². The molecule has 2 aliphatic heterocycles. The van der Waals surface area contributed by atoms with E-state index in [1.807, 2.05) is 23.1 Å². The average molecular weight is 372 g/mol. The van der Waals surface area contributed by atoms with Crippen LogP contribution in [0.4, 0.5) is 0 Å². The summed E-state index contributed by atoms with van der Waals surface area (Å²) < 4.78 is 10.7. The largest absolute Gasteiger partial charge is 0.454 e. The Morgan fingerprint density at radius 2 is 1.96 bits per heavy atom. The van der Waals surface area contributed by atoms with Gasteiger partial charge in [0.25, 0.3) is 0 Å². The van der Waals surface area contributed by atoms with Crippen molar-refractivity contribution in [3.8, 4) is 11.5 Å². The monoisotopic (exact) mass is 372 g/mol. The van der Waals surface area contributed by atoms with Crippen LogP contribution in [0.15, 0.2) is 18.2 Å². The molecule has 2 atom stereocenters. The van der Waals surface area contributed by atoms with Gasteiger partial charge in [-0.2, -0.15) is 0 Å². The zero-order valence-electron chi connectivity index (χ0n) is 15.9. The molecular formula is C21H28N2O4. The lowest BCUT2D eigenvalue weighted by atomic mass is 9.81. The number of carbonyl (C=O) groups is 2. The van der Waals surface area contributed by atoms with Crippen LogP contribution in [-0.2, 0) is 16.1 Å². The predicted octanol–water partition coefficient (Wildman–Crippen LogP) is 2.71. The lowest BCUT2D eigenvalue weighted by Crippen LogP contribution is -2.45. The minimum Gasteiger partial charge on any atom is -0.454 e. The van der Waals surface area contributed by atoms with Gasteiger partial charge in [0.15, 0.2) is 11.5 Å². The molecule has 6 nitrogen and oxygen atoms in total. The van der Waals surface area contributed by atoms with Crippen molar-refractivity contribution in [2.45, 2.75) is 45.6 Å². The zero-order valence-corrected chi connectivity index (χ0v) is 15.9. The van der Waals surface area contributed by atoms with Crippen LogP contribution in [0.5, 0.6) is 11.5 Å². The third-order valence-electron chi connectivity index (χ3n) is 6.03. The Morgan fingerprint density at radius 1 is 1.15 bits per heavy atom. The fraction of sp³-hybridized carbons (Fsp3) is 0.619. The van der Waals surface area contributed by atoms with Crippen molar-refractivity contribution in [1.29, 1.82) is 0 Å². The molecule has 27 heavy (non-hydrogen) atoms. The van der Waals surface area contributed by atoms with Gasteiger partial charge in [0, 0.05) is 32.0 Å². The van der Waals surface area contributed by atoms with Crippen LogP contribution < -0.4 is 14.8 Å². The Labute approximate surface area is 160 Å². The second-order valence-corrected chi connectivity index (χ2v) is 7.94. The first kappa shape index (κ1) is 18.1. The molecule has 2 heterocycles. The molecule has 1 N–H and O–H groups in total. The number of nitrogens with one attached hydrogen (secondary N) is 1. The van der Waals surface area contributed by atoms with Gasteiger partial charge >= 0.3 is 0 Å². The highest BCUT2D eigenvalue weighted by atomic mass is 16.7. The first-order valence-corrected chi connectivity index (χ1v) is 10.1. The van der Waals surface area contributed by atoms with Crippen LogP contribution >= 0.6 is 0 Å². The van der Waals surface area contributed by atoms with Crippen molar-refractivity contribution in [1.82, 2.24) is 10.2 Å². The van der Waals surface area contributed by atoms with Gasteiger partial charge in [-0.1, -0.05) is 19.4 Å². The number of carbonyl (C=O) groups excluding carboxylic acids is 2. The lowest BCUT2D eigenvalue weighted by Gasteiger charge is -2.38. The van der Waals surface area contributed by atoms with Gasteiger partial charge in [-0.25, -0.2) is 0 Å². The third-order valence-corrected chi connectivity index (χ3v) is 6.03. The summed E-state index contributed by atoms with van der Waals surface area (Å²) in [5.41, 5.74) is 1.00. The summed E-state index contributed by atoms with van der Waals surface area (Å²) in [5, 5.41) is 3.03. The van der Waals surface area contributed by atoms with Crippen LogP contribution in [-0.4, -0.2) is 36.6 Å². The molecule has 1 aromatic rings. The van der Waals surface area contributed by atoms with E-state index in [1.165, 1.54) is 0 Å². The lowest BCUT2D eigenvalue weighted by molar-refractivity contribution is -0.135. The Bertz CT molecular complexity index is 716. The summed E-state index contributed by atoms with van der Waals surface area (Å²) in [5.74, 6) is 2.96. The molecule has 1 saturated heterocycles. The Kier molecular flexibility index (Phi) is 5.23. The summed E-state index contributed by atoms with van der Waals surface area (Å²) in [6, 6.07) is 5.74. The summed E-state index contributed by atoms with van der Waals surface area (Å²) in [7, 11) is 0. The molecule has 0 bridgehead atoms. The molecule has 1 aromatic carbocycles. The van der Waals surface area contributed by atoms with E-state index < -0.39 is 0 Å². The Hall–Kier alpha value is -2.24. The van der Waals surface area contributed by atoms with Crippen molar-refractivity contribution in [3.05, 3.63) is 23.8 Å². The van der Waals surface area contributed by atoms with Gasteiger partial charge in [0.1, 0.15) is 0 Å². The van der Waals surface area contributed by atoms with Crippen LogP contribution in [0.3, 0.4) is 0 Å². The van der Waals surface area contributed by atoms with Crippen LogP contribution in [0.2, 0.25) is 0 Å². The maximum absolute atomic E-state index is 12.5.